The van der Waals surface area contributed by atoms with Crippen LogP contribution in [0.1, 0.15) is 74.8 Å². The van der Waals surface area contributed by atoms with E-state index in [-0.39, 0.29) is 18.2 Å². The molecule has 0 amide bonds. The summed E-state index contributed by atoms with van der Waals surface area (Å²) < 4.78 is 41.6. The van der Waals surface area contributed by atoms with E-state index in [4.69, 9.17) is 14.2 Å². The van der Waals surface area contributed by atoms with Gasteiger partial charge in [0.25, 0.3) is 0 Å². The molecule has 39 heavy (non-hydrogen) atoms. The standard InChI is InChI=1S/C30H34F2N4O3/c1-4-38-22-9-6-20(7-10-22)36-26-12-5-19(29-17(2)34-39-18(29)3)15-25(26)33-30(36)27-13-14-28(37)35(27)21-8-11-23(31)24(32)16-21/h5,8,11-12,15-16,20,22,27-28,37H,4,6-7,9-10,13-14H2,1-3H3/t20-,22-,27-,28?/m0/s1. The van der Waals surface area contributed by atoms with Crippen LogP contribution in [0.2, 0.25) is 0 Å². The fourth-order valence-electron chi connectivity index (χ4n) is 6.54. The summed E-state index contributed by atoms with van der Waals surface area (Å²) in [5, 5.41) is 15.1. The molecule has 0 radical (unpaired) electrons. The van der Waals surface area contributed by atoms with Crippen molar-refractivity contribution in [3.63, 3.8) is 0 Å². The molecule has 6 rings (SSSR count). The number of rotatable bonds is 6. The van der Waals surface area contributed by atoms with Gasteiger partial charge >= 0.3 is 0 Å². The minimum Gasteiger partial charge on any atom is -0.379 e. The summed E-state index contributed by atoms with van der Waals surface area (Å²) in [5.74, 6) is -0.252. The Morgan fingerprint density at radius 3 is 2.49 bits per heavy atom. The predicted molar refractivity (Wildman–Crippen MR) is 144 cm³/mol. The molecule has 1 aliphatic heterocycles. The van der Waals surface area contributed by atoms with Gasteiger partial charge in [0.15, 0.2) is 11.6 Å². The van der Waals surface area contributed by atoms with Crippen LogP contribution in [-0.2, 0) is 4.74 Å². The number of aromatic nitrogens is 3. The van der Waals surface area contributed by atoms with Crippen LogP contribution in [0.3, 0.4) is 0 Å². The number of halogens is 2. The van der Waals surface area contributed by atoms with Gasteiger partial charge in [0.05, 0.1) is 28.9 Å². The first-order chi connectivity index (χ1) is 18.9. The highest BCUT2D eigenvalue weighted by atomic mass is 19.2. The monoisotopic (exact) mass is 536 g/mol. The molecule has 1 aliphatic carbocycles. The summed E-state index contributed by atoms with van der Waals surface area (Å²) in [4.78, 5) is 6.94. The molecular weight excluding hydrogens is 502 g/mol. The fourth-order valence-corrected chi connectivity index (χ4v) is 6.54. The maximum atomic E-state index is 14.2. The van der Waals surface area contributed by atoms with Crippen LogP contribution in [0.15, 0.2) is 40.9 Å². The summed E-state index contributed by atoms with van der Waals surface area (Å²) in [5.41, 5.74) is 5.08. The Bertz CT molecular complexity index is 1470. The van der Waals surface area contributed by atoms with E-state index in [1.807, 2.05) is 20.8 Å². The van der Waals surface area contributed by atoms with Crippen molar-refractivity contribution in [2.24, 2.45) is 0 Å². The number of aliphatic hydroxyl groups excluding tert-OH is 1. The molecule has 2 atom stereocenters. The van der Waals surface area contributed by atoms with Gasteiger partial charge in [-0.25, -0.2) is 13.8 Å². The van der Waals surface area contributed by atoms with Crippen molar-refractivity contribution >= 4 is 16.7 Å². The lowest BCUT2D eigenvalue weighted by Gasteiger charge is -2.34. The molecule has 0 spiro atoms. The largest absolute Gasteiger partial charge is 0.379 e. The molecular formula is C30H34F2N4O3. The minimum absolute atomic E-state index is 0.219. The Hall–Kier alpha value is -3.30. The summed E-state index contributed by atoms with van der Waals surface area (Å²) in [7, 11) is 0. The molecule has 2 fully saturated rings. The molecule has 0 bridgehead atoms. The summed E-state index contributed by atoms with van der Waals surface area (Å²) in [6.07, 6.45) is 4.44. The second-order valence-corrected chi connectivity index (χ2v) is 10.7. The number of ether oxygens (including phenoxy) is 1. The first kappa shape index (κ1) is 26.0. The van der Waals surface area contributed by atoms with E-state index in [0.29, 0.717) is 25.1 Å². The van der Waals surface area contributed by atoms with Crippen molar-refractivity contribution in [1.82, 2.24) is 14.7 Å². The number of imidazole rings is 1. The average Bonchev–Trinajstić information content (AvgIpc) is 3.60. The molecule has 1 saturated heterocycles. The Labute approximate surface area is 226 Å². The zero-order valence-electron chi connectivity index (χ0n) is 22.5. The van der Waals surface area contributed by atoms with Crippen molar-refractivity contribution in [1.29, 1.82) is 0 Å². The number of anilines is 1. The van der Waals surface area contributed by atoms with Crippen LogP contribution in [0, 0.1) is 25.5 Å². The third-order valence-electron chi connectivity index (χ3n) is 8.30. The molecule has 7 nitrogen and oxygen atoms in total. The van der Waals surface area contributed by atoms with Gasteiger partial charge in [0.1, 0.15) is 17.8 Å². The fraction of sp³-hybridized carbons (Fsp3) is 0.467. The first-order valence-electron chi connectivity index (χ1n) is 13.8. The van der Waals surface area contributed by atoms with E-state index in [0.717, 1.165) is 77.3 Å². The van der Waals surface area contributed by atoms with E-state index in [9.17, 15) is 13.9 Å². The van der Waals surface area contributed by atoms with Crippen molar-refractivity contribution in [3.8, 4) is 11.1 Å². The normalized spacial score (nSPS) is 23.7. The van der Waals surface area contributed by atoms with E-state index < -0.39 is 17.9 Å². The Kier molecular flexibility index (Phi) is 6.89. The van der Waals surface area contributed by atoms with Crippen LogP contribution >= 0.6 is 0 Å². The number of aryl methyl sites for hydroxylation is 2. The van der Waals surface area contributed by atoms with Gasteiger partial charge in [-0.1, -0.05) is 11.2 Å². The van der Waals surface area contributed by atoms with Gasteiger partial charge in [-0.15, -0.1) is 0 Å². The SMILES string of the molecule is CCO[C@H]1CC[C@H](n2c([C@@H]3CCC(O)N3c3ccc(F)c(F)c3)nc3cc(-c4c(C)noc4C)ccc32)CC1. The van der Waals surface area contributed by atoms with Crippen molar-refractivity contribution in [2.45, 2.75) is 83.7 Å². The lowest BCUT2D eigenvalue weighted by atomic mass is 9.92. The van der Waals surface area contributed by atoms with Crippen LogP contribution in [0.4, 0.5) is 14.5 Å². The van der Waals surface area contributed by atoms with Crippen LogP contribution in [0.5, 0.6) is 0 Å². The molecule has 4 aromatic rings. The molecule has 206 valence electrons. The highest BCUT2D eigenvalue weighted by Crippen LogP contribution is 2.43. The molecule has 1 saturated carbocycles. The van der Waals surface area contributed by atoms with E-state index in [1.165, 1.54) is 6.07 Å². The third kappa shape index (κ3) is 4.61. The lowest BCUT2D eigenvalue weighted by Crippen LogP contribution is -2.33. The molecule has 1 unspecified atom stereocenters. The summed E-state index contributed by atoms with van der Waals surface area (Å²) in [6, 6.07) is 9.99. The smallest absolute Gasteiger partial charge is 0.160 e. The van der Waals surface area contributed by atoms with Crippen LogP contribution in [0.25, 0.3) is 22.2 Å². The van der Waals surface area contributed by atoms with Gasteiger partial charge < -0.3 is 23.8 Å². The van der Waals surface area contributed by atoms with E-state index in [1.54, 1.807) is 4.90 Å². The molecule has 3 heterocycles. The quantitative estimate of drug-likeness (QED) is 0.293. The maximum Gasteiger partial charge on any atom is 0.160 e. The second kappa shape index (κ2) is 10.4. The molecule has 9 heteroatoms. The minimum atomic E-state index is -0.933. The van der Waals surface area contributed by atoms with Gasteiger partial charge in [-0.2, -0.15) is 0 Å². The highest BCUT2D eigenvalue weighted by Gasteiger charge is 2.38. The number of hydrogen-bond donors (Lipinski definition) is 1. The van der Waals surface area contributed by atoms with E-state index in [2.05, 4.69) is 27.9 Å². The third-order valence-corrected chi connectivity index (χ3v) is 8.30. The van der Waals surface area contributed by atoms with Gasteiger partial charge in [0.2, 0.25) is 0 Å². The maximum absolute atomic E-state index is 14.2. The molecule has 2 aliphatic rings. The van der Waals surface area contributed by atoms with Crippen molar-refractivity contribution in [3.05, 3.63) is 65.3 Å². The predicted octanol–water partition coefficient (Wildman–Crippen LogP) is 6.77. The van der Waals surface area contributed by atoms with Gasteiger partial charge in [-0.05, 0) is 89.1 Å². The zero-order chi connectivity index (χ0) is 27.3. The molecule has 1 N–H and O–H groups in total. The molecule has 2 aromatic heterocycles. The Morgan fingerprint density at radius 2 is 1.79 bits per heavy atom. The summed E-state index contributed by atoms with van der Waals surface area (Å²) in [6.45, 7) is 6.57. The Balaban J connectivity index is 1.46. The summed E-state index contributed by atoms with van der Waals surface area (Å²) >= 11 is 0. The van der Waals surface area contributed by atoms with Crippen molar-refractivity contribution in [2.75, 3.05) is 11.5 Å². The van der Waals surface area contributed by atoms with Crippen LogP contribution in [-0.4, -0.2) is 38.8 Å². The lowest BCUT2D eigenvalue weighted by molar-refractivity contribution is 0.0271. The van der Waals surface area contributed by atoms with Gasteiger partial charge in [0, 0.05) is 30.0 Å². The topological polar surface area (TPSA) is 76.6 Å². The average molecular weight is 537 g/mol. The van der Waals surface area contributed by atoms with Gasteiger partial charge in [-0.3, -0.25) is 0 Å². The van der Waals surface area contributed by atoms with Crippen molar-refractivity contribution < 1.29 is 23.1 Å². The zero-order valence-corrected chi connectivity index (χ0v) is 22.5. The number of nitrogens with zero attached hydrogens (tertiary/aromatic N) is 4. The number of aliphatic hydroxyl groups is 1. The highest BCUT2D eigenvalue weighted by molar-refractivity contribution is 5.84. The first-order valence-corrected chi connectivity index (χ1v) is 13.8. The number of fused-ring (bicyclic) bond motifs is 1. The second-order valence-electron chi connectivity index (χ2n) is 10.7. The molecule has 2 aromatic carbocycles. The number of hydrogen-bond acceptors (Lipinski definition) is 6. The Morgan fingerprint density at radius 1 is 1.00 bits per heavy atom. The number of benzene rings is 2. The van der Waals surface area contributed by atoms with E-state index >= 15 is 0 Å². The van der Waals surface area contributed by atoms with Crippen LogP contribution < -0.4 is 4.90 Å².